The molecular weight excluding hydrogens is 156 g/mol. The van der Waals surface area contributed by atoms with Gasteiger partial charge in [0.25, 0.3) is 0 Å². The van der Waals surface area contributed by atoms with E-state index in [4.69, 9.17) is 0 Å². The summed E-state index contributed by atoms with van der Waals surface area (Å²) in [4.78, 5) is 0. The number of allylic oxidation sites excluding steroid dienone is 4. The molecule has 0 heterocycles. The molecule has 76 valence electrons. The van der Waals surface area contributed by atoms with Crippen molar-refractivity contribution < 1.29 is 0 Å². The van der Waals surface area contributed by atoms with Crippen LogP contribution in [0.4, 0.5) is 0 Å². The van der Waals surface area contributed by atoms with E-state index in [9.17, 15) is 0 Å². The molecule has 0 aliphatic carbocycles. The molecule has 0 amide bonds. The number of unbranched alkanes of at least 4 members (excludes halogenated alkanes) is 1. The van der Waals surface area contributed by atoms with Gasteiger partial charge in [0.15, 0.2) is 0 Å². The lowest BCUT2D eigenvalue weighted by molar-refractivity contribution is 0.559. The fourth-order valence-electron chi connectivity index (χ4n) is 1.23. The second-order valence-electron chi connectivity index (χ2n) is 4.08. The fourth-order valence-corrected chi connectivity index (χ4v) is 1.23. The lowest BCUT2D eigenvalue weighted by Crippen LogP contribution is -1.85. The minimum absolute atomic E-state index is 0.847. The second-order valence-corrected chi connectivity index (χ2v) is 4.08. The van der Waals surface area contributed by atoms with Crippen LogP contribution in [-0.4, -0.2) is 0 Å². The van der Waals surface area contributed by atoms with Crippen LogP contribution in [0, 0.1) is 5.92 Å². The average molecular weight is 180 g/mol. The van der Waals surface area contributed by atoms with Crippen LogP contribution < -0.4 is 0 Å². The highest BCUT2D eigenvalue weighted by molar-refractivity contribution is 5.15. The summed E-state index contributed by atoms with van der Waals surface area (Å²) in [6.07, 6.45) is 11.8. The Morgan fingerprint density at radius 1 is 1.31 bits per heavy atom. The van der Waals surface area contributed by atoms with Crippen molar-refractivity contribution in [1.29, 1.82) is 0 Å². The van der Waals surface area contributed by atoms with Crippen molar-refractivity contribution >= 4 is 0 Å². The molecule has 0 aliphatic heterocycles. The molecule has 0 unspecified atom stereocenters. The zero-order valence-corrected chi connectivity index (χ0v) is 9.64. The molecule has 0 rings (SSSR count). The van der Waals surface area contributed by atoms with Crippen molar-refractivity contribution in [3.8, 4) is 0 Å². The van der Waals surface area contributed by atoms with Crippen LogP contribution in [0.2, 0.25) is 0 Å². The van der Waals surface area contributed by atoms with Gasteiger partial charge in [0.05, 0.1) is 0 Å². The van der Waals surface area contributed by atoms with Gasteiger partial charge in [-0.25, -0.2) is 0 Å². The van der Waals surface area contributed by atoms with E-state index in [-0.39, 0.29) is 0 Å². The highest BCUT2D eigenvalue weighted by Gasteiger charge is 1.91. The van der Waals surface area contributed by atoms with Crippen molar-refractivity contribution in [3.63, 3.8) is 0 Å². The molecule has 0 nitrogen and oxygen atoms in total. The van der Waals surface area contributed by atoms with Gasteiger partial charge in [-0.05, 0) is 32.1 Å². The summed E-state index contributed by atoms with van der Waals surface area (Å²) in [6.45, 7) is 8.92. The molecule has 0 bridgehead atoms. The third-order valence-electron chi connectivity index (χ3n) is 2.07. The maximum absolute atomic E-state index is 2.34. The fraction of sp³-hybridized carbons (Fsp3) is 0.692. The van der Waals surface area contributed by atoms with Crippen molar-refractivity contribution in [2.24, 2.45) is 5.92 Å². The van der Waals surface area contributed by atoms with Crippen LogP contribution in [0.5, 0.6) is 0 Å². The van der Waals surface area contributed by atoms with Crippen LogP contribution in [0.1, 0.15) is 53.4 Å². The summed E-state index contributed by atoms with van der Waals surface area (Å²) < 4.78 is 0. The Labute approximate surface area is 83.7 Å². The molecule has 0 radical (unpaired) electrons. The maximum atomic E-state index is 2.34. The van der Waals surface area contributed by atoms with Gasteiger partial charge in [-0.1, -0.05) is 51.0 Å². The normalized spacial score (nSPS) is 13.2. The minimum atomic E-state index is 0.847. The molecule has 13 heavy (non-hydrogen) atoms. The van der Waals surface area contributed by atoms with Gasteiger partial charge >= 0.3 is 0 Å². The summed E-state index contributed by atoms with van der Waals surface area (Å²) >= 11 is 0. The molecular formula is C13H24. The van der Waals surface area contributed by atoms with Crippen molar-refractivity contribution in [1.82, 2.24) is 0 Å². The zero-order chi connectivity index (χ0) is 10.1. The standard InChI is InChI=1S/C13H24/c1-5-6-10-13(4)11-8-7-9-12(2)3/h6,10-12H,5,7-9H2,1-4H3. The first-order valence-electron chi connectivity index (χ1n) is 5.50. The first-order valence-corrected chi connectivity index (χ1v) is 5.50. The molecule has 0 atom stereocenters. The van der Waals surface area contributed by atoms with Crippen molar-refractivity contribution in [3.05, 3.63) is 23.8 Å². The van der Waals surface area contributed by atoms with E-state index in [1.165, 1.54) is 24.8 Å². The Morgan fingerprint density at radius 3 is 2.54 bits per heavy atom. The Kier molecular flexibility index (Phi) is 7.77. The van der Waals surface area contributed by atoms with E-state index >= 15 is 0 Å². The van der Waals surface area contributed by atoms with Gasteiger partial charge in [-0.3, -0.25) is 0 Å². The van der Waals surface area contributed by atoms with E-state index < -0.39 is 0 Å². The Hall–Kier alpha value is -0.520. The largest absolute Gasteiger partial charge is 0.0846 e. The van der Waals surface area contributed by atoms with Gasteiger partial charge < -0.3 is 0 Å². The Bertz CT molecular complexity index is 161. The second kappa shape index (κ2) is 8.10. The highest BCUT2D eigenvalue weighted by Crippen LogP contribution is 2.08. The zero-order valence-electron chi connectivity index (χ0n) is 9.64. The highest BCUT2D eigenvalue weighted by atomic mass is 14.0. The molecule has 0 spiro atoms. The summed E-state index contributed by atoms with van der Waals surface area (Å²) in [5.41, 5.74) is 1.41. The summed E-state index contributed by atoms with van der Waals surface area (Å²) in [5.74, 6) is 0.847. The van der Waals surface area contributed by atoms with E-state index in [1.54, 1.807) is 0 Å². The van der Waals surface area contributed by atoms with Crippen LogP contribution in [0.25, 0.3) is 0 Å². The number of rotatable bonds is 6. The van der Waals surface area contributed by atoms with E-state index in [1.807, 2.05) is 0 Å². The van der Waals surface area contributed by atoms with Crippen LogP contribution in [0.3, 0.4) is 0 Å². The summed E-state index contributed by atoms with van der Waals surface area (Å²) in [7, 11) is 0. The topological polar surface area (TPSA) is 0 Å². The molecule has 0 aromatic carbocycles. The van der Waals surface area contributed by atoms with Gasteiger partial charge in [0.2, 0.25) is 0 Å². The average Bonchev–Trinajstić information content (AvgIpc) is 2.08. The first kappa shape index (κ1) is 12.5. The van der Waals surface area contributed by atoms with Gasteiger partial charge in [-0.15, -0.1) is 0 Å². The van der Waals surface area contributed by atoms with Crippen LogP contribution in [0.15, 0.2) is 23.8 Å². The van der Waals surface area contributed by atoms with E-state index in [0.717, 1.165) is 12.3 Å². The predicted molar refractivity (Wildman–Crippen MR) is 61.9 cm³/mol. The quantitative estimate of drug-likeness (QED) is 0.409. The Morgan fingerprint density at radius 2 is 2.00 bits per heavy atom. The number of hydrogen-bond donors (Lipinski definition) is 0. The SMILES string of the molecule is CCC=CC(C)=CCCCC(C)C. The molecule has 0 aromatic heterocycles. The molecule has 0 aromatic rings. The molecule has 0 saturated carbocycles. The molecule has 0 heteroatoms. The Balaban J connectivity index is 3.53. The van der Waals surface area contributed by atoms with Crippen molar-refractivity contribution in [2.75, 3.05) is 0 Å². The van der Waals surface area contributed by atoms with Gasteiger partial charge in [-0.2, -0.15) is 0 Å². The first-order chi connectivity index (χ1) is 6.16. The predicted octanol–water partition coefficient (Wildman–Crippen LogP) is 4.73. The smallest absolute Gasteiger partial charge is 0.0345 e. The lowest BCUT2D eigenvalue weighted by Gasteiger charge is -2.01. The van der Waals surface area contributed by atoms with Crippen molar-refractivity contribution in [2.45, 2.75) is 53.4 Å². The molecule has 0 fully saturated rings. The minimum Gasteiger partial charge on any atom is -0.0846 e. The van der Waals surface area contributed by atoms with Gasteiger partial charge in [0.1, 0.15) is 0 Å². The third kappa shape index (κ3) is 9.39. The van der Waals surface area contributed by atoms with E-state index in [0.29, 0.717) is 0 Å². The van der Waals surface area contributed by atoms with E-state index in [2.05, 4.69) is 45.9 Å². The summed E-state index contributed by atoms with van der Waals surface area (Å²) in [5, 5.41) is 0. The van der Waals surface area contributed by atoms with Crippen LogP contribution in [-0.2, 0) is 0 Å². The molecule has 0 N–H and O–H groups in total. The third-order valence-corrected chi connectivity index (χ3v) is 2.07. The summed E-state index contributed by atoms with van der Waals surface area (Å²) in [6, 6.07) is 0. The monoisotopic (exact) mass is 180 g/mol. The number of hydrogen-bond acceptors (Lipinski definition) is 0. The lowest BCUT2D eigenvalue weighted by atomic mass is 10.1. The maximum Gasteiger partial charge on any atom is -0.0345 e. The van der Waals surface area contributed by atoms with Gasteiger partial charge in [0, 0.05) is 0 Å². The van der Waals surface area contributed by atoms with Crippen LogP contribution >= 0.6 is 0 Å². The molecule has 0 saturated heterocycles. The molecule has 0 aliphatic rings.